The number of allylic oxidation sites excluding steroid dienone is 2. The Labute approximate surface area is 259 Å². The Hall–Kier alpha value is -3.18. The van der Waals surface area contributed by atoms with E-state index in [1.807, 2.05) is 23.0 Å². The Morgan fingerprint density at radius 1 is 1.25 bits per heavy atom. The number of piperidine rings is 2. The number of fused-ring (bicyclic) bond motifs is 5. The van der Waals surface area contributed by atoms with Crippen LogP contribution in [0.2, 0.25) is 0 Å². The van der Waals surface area contributed by atoms with Crippen molar-refractivity contribution in [2.45, 2.75) is 102 Å². The highest BCUT2D eigenvalue weighted by molar-refractivity contribution is 5.87. The maximum Gasteiger partial charge on any atom is 0.320 e. The molecular weight excluding hydrogens is 563 g/mol. The first kappa shape index (κ1) is 30.8. The van der Waals surface area contributed by atoms with Gasteiger partial charge in [-0.05, 0) is 50.6 Å². The Morgan fingerprint density at radius 3 is 2.82 bits per heavy atom. The summed E-state index contributed by atoms with van der Waals surface area (Å²) >= 11 is 0. The first-order chi connectivity index (χ1) is 21.2. The molecule has 0 aliphatic carbocycles. The van der Waals surface area contributed by atoms with Gasteiger partial charge in [-0.1, -0.05) is 32.6 Å². The summed E-state index contributed by atoms with van der Waals surface area (Å²) in [5.74, 6) is 0.0601. The molecule has 2 bridgehead atoms. The van der Waals surface area contributed by atoms with Crippen LogP contribution in [0.5, 0.6) is 0 Å². The molecule has 6 rings (SSSR count). The lowest BCUT2D eigenvalue weighted by molar-refractivity contribution is -0.138. The molecule has 6 heterocycles. The number of amides is 3. The summed E-state index contributed by atoms with van der Waals surface area (Å²) in [7, 11) is 0. The largest absolute Gasteiger partial charge is 0.332 e. The topological polar surface area (TPSA) is 131 Å². The van der Waals surface area contributed by atoms with E-state index in [2.05, 4.69) is 70.5 Å². The third-order valence-electron chi connectivity index (χ3n) is 10.6. The molecule has 0 saturated carbocycles. The van der Waals surface area contributed by atoms with Gasteiger partial charge in [0.1, 0.15) is 12.3 Å². The fourth-order valence-electron chi connectivity index (χ4n) is 8.46. The van der Waals surface area contributed by atoms with Crippen LogP contribution in [0.3, 0.4) is 0 Å². The van der Waals surface area contributed by atoms with Crippen LogP contribution in [0.25, 0.3) is 0 Å². The number of rotatable bonds is 4. The monoisotopic (exact) mass is 610 g/mol. The fourth-order valence-corrected chi connectivity index (χ4v) is 8.46. The summed E-state index contributed by atoms with van der Waals surface area (Å²) in [4.78, 5) is 33.0. The van der Waals surface area contributed by atoms with E-state index in [4.69, 9.17) is 0 Å². The number of hydrogen-bond donors (Lipinski definition) is 5. The number of urea groups is 1. The van der Waals surface area contributed by atoms with Gasteiger partial charge in [0, 0.05) is 43.7 Å². The summed E-state index contributed by atoms with van der Waals surface area (Å²) in [6, 6.07) is 1.59. The highest BCUT2D eigenvalue weighted by Gasteiger charge is 2.56. The van der Waals surface area contributed by atoms with Crippen molar-refractivity contribution in [3.8, 4) is 6.07 Å². The van der Waals surface area contributed by atoms with E-state index in [0.29, 0.717) is 19.5 Å². The minimum absolute atomic E-state index is 0.0870. The van der Waals surface area contributed by atoms with Crippen LogP contribution < -0.4 is 26.9 Å². The molecular formula is C31H47FN10O2. The lowest BCUT2D eigenvalue weighted by atomic mass is 9.76. The van der Waals surface area contributed by atoms with Crippen molar-refractivity contribution < 1.29 is 14.0 Å². The molecule has 5 N–H and O–H groups in total. The van der Waals surface area contributed by atoms with Gasteiger partial charge >= 0.3 is 6.03 Å². The minimum atomic E-state index is -1.23. The van der Waals surface area contributed by atoms with Crippen molar-refractivity contribution in [2.75, 3.05) is 19.6 Å². The van der Waals surface area contributed by atoms with Crippen molar-refractivity contribution in [1.29, 1.82) is 5.26 Å². The zero-order chi connectivity index (χ0) is 31.1. The van der Waals surface area contributed by atoms with Gasteiger partial charge in [0.2, 0.25) is 5.91 Å². The number of nitrogens with one attached hydrogen (secondary N) is 5. The Kier molecular flexibility index (Phi) is 8.88. The second-order valence-electron chi connectivity index (χ2n) is 13.5. The minimum Gasteiger partial charge on any atom is -0.332 e. The predicted octanol–water partition coefficient (Wildman–Crippen LogP) is 1.46. The molecule has 10 unspecified atom stereocenters. The molecule has 3 amide bonds. The molecule has 240 valence electrons. The second-order valence-corrected chi connectivity index (χ2v) is 13.5. The van der Waals surface area contributed by atoms with Gasteiger partial charge in [-0.25, -0.2) is 9.18 Å². The summed E-state index contributed by atoms with van der Waals surface area (Å²) in [6.07, 6.45) is 7.60. The maximum absolute atomic E-state index is 16.4. The van der Waals surface area contributed by atoms with Gasteiger partial charge in [0.05, 0.1) is 42.6 Å². The molecule has 44 heavy (non-hydrogen) atoms. The number of hydrogen-bond acceptors (Lipinski definition) is 9. The predicted molar refractivity (Wildman–Crippen MR) is 163 cm³/mol. The van der Waals surface area contributed by atoms with Crippen LogP contribution in [0.1, 0.15) is 52.9 Å². The average molecular weight is 611 g/mol. The van der Waals surface area contributed by atoms with Crippen LogP contribution in [0.15, 0.2) is 36.7 Å². The Morgan fingerprint density at radius 2 is 2.07 bits per heavy atom. The van der Waals surface area contributed by atoms with Crippen LogP contribution in [0.4, 0.5) is 9.18 Å². The number of hydrazine groups is 2. The van der Waals surface area contributed by atoms with Gasteiger partial charge in [-0.3, -0.25) is 20.0 Å². The van der Waals surface area contributed by atoms with E-state index >= 15 is 4.39 Å². The molecule has 12 nitrogen and oxygen atoms in total. The van der Waals surface area contributed by atoms with E-state index in [1.54, 1.807) is 4.90 Å². The lowest BCUT2D eigenvalue weighted by Crippen LogP contribution is -2.80. The number of carbonyl (C=O) groups is 2. The molecule has 13 heteroatoms. The number of piperazine rings is 1. The first-order valence-corrected chi connectivity index (χ1v) is 16.2. The number of nitrogens with zero attached hydrogens (tertiary/aromatic N) is 5. The average Bonchev–Trinajstić information content (AvgIpc) is 3.47. The van der Waals surface area contributed by atoms with Crippen LogP contribution >= 0.6 is 0 Å². The third-order valence-corrected chi connectivity index (χ3v) is 10.6. The smallest absolute Gasteiger partial charge is 0.320 e. The number of alkyl halides is 1. The van der Waals surface area contributed by atoms with Gasteiger partial charge in [-0.15, -0.1) is 5.53 Å². The van der Waals surface area contributed by atoms with Crippen molar-refractivity contribution in [3.05, 3.63) is 36.7 Å². The highest BCUT2D eigenvalue weighted by atomic mass is 19.1. The van der Waals surface area contributed by atoms with E-state index in [1.165, 1.54) is 6.08 Å². The number of halogens is 1. The van der Waals surface area contributed by atoms with Crippen molar-refractivity contribution in [1.82, 2.24) is 46.6 Å². The molecule has 6 aliphatic rings. The van der Waals surface area contributed by atoms with Crippen molar-refractivity contribution in [2.24, 2.45) is 17.8 Å². The van der Waals surface area contributed by atoms with Crippen LogP contribution in [0, 0.1) is 29.1 Å². The van der Waals surface area contributed by atoms with Crippen LogP contribution in [-0.4, -0.2) is 100 Å². The van der Waals surface area contributed by atoms with Gasteiger partial charge in [0.25, 0.3) is 0 Å². The quantitative estimate of drug-likeness (QED) is 0.237. The molecule has 0 spiro atoms. The van der Waals surface area contributed by atoms with Gasteiger partial charge < -0.3 is 25.9 Å². The molecule has 6 aliphatic heterocycles. The first-order valence-electron chi connectivity index (χ1n) is 16.2. The van der Waals surface area contributed by atoms with E-state index < -0.39 is 24.7 Å². The Bertz CT molecular complexity index is 1220. The molecule has 10 atom stereocenters. The molecule has 4 fully saturated rings. The second kappa shape index (κ2) is 12.7. The summed E-state index contributed by atoms with van der Waals surface area (Å²) in [5.41, 5.74) is 7.09. The van der Waals surface area contributed by atoms with Crippen molar-refractivity contribution >= 4 is 11.9 Å². The van der Waals surface area contributed by atoms with Crippen LogP contribution in [-0.2, 0) is 4.79 Å². The molecule has 0 aromatic carbocycles. The zero-order valence-electron chi connectivity index (χ0n) is 26.0. The molecule has 0 radical (unpaired) electrons. The summed E-state index contributed by atoms with van der Waals surface area (Å²) < 4.78 is 16.4. The number of carbonyl (C=O) groups excluding carboxylic acids is 2. The normalized spacial score (nSPS) is 39.9. The van der Waals surface area contributed by atoms with Crippen molar-refractivity contribution in [3.63, 3.8) is 0 Å². The standard InChI is InChI=1S/C31H47FN10O2/c1-5-25(43)40-16-19(4)39(17-22(40)10-12-33)28-23-14-24(32)30-36-29(23)41(31(44)37-28)27-20(11-13-34-26(27)18(2)3)8-6-7-9-21-15-35-38-42(21)30/h5-7,15,18-20,22-24,26-30,34-36,38H,1,8-11,13-14,16-17H2,2-4H3,(H,37,44)/b7-6-. The van der Waals surface area contributed by atoms with Gasteiger partial charge in [-0.2, -0.15) is 5.26 Å². The third kappa shape index (κ3) is 5.46. The molecule has 0 aromatic heterocycles. The van der Waals surface area contributed by atoms with E-state index in [-0.39, 0.29) is 66.7 Å². The molecule has 4 saturated heterocycles. The lowest BCUT2D eigenvalue weighted by Gasteiger charge is -2.60. The fraction of sp³-hybridized carbons (Fsp3) is 0.710. The summed E-state index contributed by atoms with van der Waals surface area (Å²) in [6.45, 7) is 11.8. The SMILES string of the molecule is C=CC(=O)N1CC(C)N(C2NC(=O)N3C4NC(C(F)CC24)N2NNC=C2C/C=C\CC2CCNC(C(C)C)C23)CC1CC#N. The highest BCUT2D eigenvalue weighted by Crippen LogP contribution is 2.40. The van der Waals surface area contributed by atoms with E-state index in [0.717, 1.165) is 25.1 Å². The zero-order valence-corrected chi connectivity index (χ0v) is 26.0. The maximum atomic E-state index is 16.4. The Balaban J connectivity index is 1.39. The molecule has 0 aromatic rings. The summed E-state index contributed by atoms with van der Waals surface area (Å²) in [5, 5.41) is 22.1. The van der Waals surface area contributed by atoms with E-state index in [9.17, 15) is 14.9 Å². The van der Waals surface area contributed by atoms with Gasteiger partial charge in [0.15, 0.2) is 0 Å². The number of nitriles is 1.